The molecule has 18 heavy (non-hydrogen) atoms. The minimum absolute atomic E-state index is 0.167. The minimum Gasteiger partial charge on any atom is -0.352 e. The second kappa shape index (κ2) is 8.08. The zero-order valence-electron chi connectivity index (χ0n) is 10.6. The predicted octanol–water partition coefficient (Wildman–Crippen LogP) is 2.07. The van der Waals surface area contributed by atoms with Crippen LogP contribution in [0.1, 0.15) is 36.0 Å². The summed E-state index contributed by atoms with van der Waals surface area (Å²) >= 11 is 3.38. The first kappa shape index (κ1) is 15.0. The third-order valence-electron chi connectivity index (χ3n) is 2.71. The summed E-state index contributed by atoms with van der Waals surface area (Å²) in [6.07, 6.45) is 6.04. The Labute approximate surface area is 116 Å². The molecule has 0 radical (unpaired) electrons. The number of hydrogen-bond acceptors (Lipinski definition) is 2. The number of aryl methyl sites for hydroxylation is 1. The van der Waals surface area contributed by atoms with Crippen molar-refractivity contribution in [2.45, 2.75) is 25.7 Å². The maximum absolute atomic E-state index is 11.7. The lowest BCUT2D eigenvalue weighted by Crippen LogP contribution is -2.26. The smallest absolute Gasteiger partial charge is 0.251 e. The number of carbonyl (C=O) groups is 1. The van der Waals surface area contributed by atoms with Crippen LogP contribution in [0.3, 0.4) is 0 Å². The number of pyridine rings is 1. The predicted molar refractivity (Wildman–Crippen MR) is 76.3 cm³/mol. The third kappa shape index (κ3) is 5.04. The Kier molecular flexibility index (Phi) is 6.72. The zero-order valence-corrected chi connectivity index (χ0v) is 12.2. The summed E-state index contributed by atoms with van der Waals surface area (Å²) < 4.78 is 1.44. The van der Waals surface area contributed by atoms with Gasteiger partial charge < -0.3 is 9.88 Å². The van der Waals surface area contributed by atoms with E-state index in [2.05, 4.69) is 21.2 Å². The van der Waals surface area contributed by atoms with Crippen LogP contribution in [0.4, 0.5) is 0 Å². The highest BCUT2D eigenvalue weighted by Gasteiger charge is 2.05. The fourth-order valence-corrected chi connectivity index (χ4v) is 1.96. The molecule has 0 saturated carbocycles. The second-order valence-corrected chi connectivity index (χ2v) is 5.02. The van der Waals surface area contributed by atoms with Crippen molar-refractivity contribution in [3.8, 4) is 0 Å². The molecule has 1 heterocycles. The van der Waals surface area contributed by atoms with E-state index in [1.165, 1.54) is 23.5 Å². The van der Waals surface area contributed by atoms with Crippen molar-refractivity contribution in [2.75, 3.05) is 11.9 Å². The van der Waals surface area contributed by atoms with Crippen LogP contribution >= 0.6 is 15.9 Å². The van der Waals surface area contributed by atoms with Crippen molar-refractivity contribution in [1.29, 1.82) is 0 Å². The average molecular weight is 315 g/mol. The normalized spacial score (nSPS) is 10.3. The molecule has 0 aromatic carbocycles. The van der Waals surface area contributed by atoms with Gasteiger partial charge >= 0.3 is 0 Å². The number of unbranched alkanes of at least 4 members (excludes halogenated alkanes) is 3. The fraction of sp³-hybridized carbons (Fsp3) is 0.538. The van der Waals surface area contributed by atoms with Gasteiger partial charge in [-0.1, -0.05) is 28.8 Å². The van der Waals surface area contributed by atoms with Crippen molar-refractivity contribution in [1.82, 2.24) is 9.88 Å². The molecule has 1 N–H and O–H groups in total. The third-order valence-corrected chi connectivity index (χ3v) is 3.27. The summed E-state index contributed by atoms with van der Waals surface area (Å²) in [4.78, 5) is 23.1. The molecule has 5 heteroatoms. The quantitative estimate of drug-likeness (QED) is 0.619. The van der Waals surface area contributed by atoms with E-state index in [4.69, 9.17) is 0 Å². The Balaban J connectivity index is 2.32. The lowest BCUT2D eigenvalue weighted by atomic mass is 10.2. The minimum atomic E-state index is -0.173. The van der Waals surface area contributed by atoms with E-state index in [0.29, 0.717) is 12.1 Å². The molecule has 0 aliphatic rings. The van der Waals surface area contributed by atoms with E-state index < -0.39 is 0 Å². The molecular weight excluding hydrogens is 296 g/mol. The number of hydrogen-bond donors (Lipinski definition) is 1. The van der Waals surface area contributed by atoms with Crippen molar-refractivity contribution < 1.29 is 4.79 Å². The van der Waals surface area contributed by atoms with Crippen LogP contribution in [-0.4, -0.2) is 22.3 Å². The largest absolute Gasteiger partial charge is 0.352 e. The molecule has 1 aromatic heterocycles. The molecule has 0 aliphatic carbocycles. The molecule has 1 aromatic rings. The first-order valence-corrected chi connectivity index (χ1v) is 7.28. The molecule has 0 saturated heterocycles. The Morgan fingerprint density at radius 1 is 1.33 bits per heavy atom. The van der Waals surface area contributed by atoms with Crippen molar-refractivity contribution in [3.63, 3.8) is 0 Å². The Morgan fingerprint density at radius 2 is 2.06 bits per heavy atom. The van der Waals surface area contributed by atoms with Crippen molar-refractivity contribution in [3.05, 3.63) is 34.2 Å². The average Bonchev–Trinajstić information content (AvgIpc) is 2.36. The molecule has 0 aliphatic heterocycles. The lowest BCUT2D eigenvalue weighted by molar-refractivity contribution is 0.0952. The Morgan fingerprint density at radius 3 is 2.72 bits per heavy atom. The highest BCUT2D eigenvalue weighted by atomic mass is 79.9. The topological polar surface area (TPSA) is 51.1 Å². The summed E-state index contributed by atoms with van der Waals surface area (Å²) in [5.74, 6) is -0.173. The Bertz CT molecular complexity index is 443. The Hall–Kier alpha value is -1.10. The number of carbonyl (C=O) groups excluding carboxylic acids is 1. The maximum Gasteiger partial charge on any atom is 0.251 e. The number of halogens is 1. The van der Waals surface area contributed by atoms with Gasteiger partial charge in [0, 0.05) is 36.7 Å². The van der Waals surface area contributed by atoms with E-state index in [1.807, 2.05) is 0 Å². The van der Waals surface area contributed by atoms with E-state index in [9.17, 15) is 9.59 Å². The number of nitrogens with one attached hydrogen (secondary N) is 1. The maximum atomic E-state index is 11.7. The van der Waals surface area contributed by atoms with Gasteiger partial charge in [-0.15, -0.1) is 0 Å². The fourth-order valence-electron chi connectivity index (χ4n) is 1.57. The van der Waals surface area contributed by atoms with E-state index in [1.54, 1.807) is 19.3 Å². The van der Waals surface area contributed by atoms with Crippen LogP contribution in [-0.2, 0) is 7.05 Å². The highest BCUT2D eigenvalue weighted by Crippen LogP contribution is 2.01. The summed E-state index contributed by atoms with van der Waals surface area (Å²) in [5, 5.41) is 3.86. The van der Waals surface area contributed by atoms with Crippen LogP contribution in [0.2, 0.25) is 0 Å². The molecule has 0 fully saturated rings. The first-order valence-electron chi connectivity index (χ1n) is 6.16. The van der Waals surface area contributed by atoms with Gasteiger partial charge in [-0.3, -0.25) is 9.59 Å². The second-order valence-electron chi connectivity index (χ2n) is 4.22. The van der Waals surface area contributed by atoms with Crippen LogP contribution < -0.4 is 10.9 Å². The van der Waals surface area contributed by atoms with Crippen LogP contribution in [0.25, 0.3) is 0 Å². The van der Waals surface area contributed by atoms with Crippen molar-refractivity contribution >= 4 is 21.8 Å². The standard InChI is InChI=1S/C13H19BrN2O2/c1-16-9-6-11(10-12(16)17)13(18)15-8-5-3-2-4-7-14/h6,9-10H,2-5,7-8H2,1H3,(H,15,18). The highest BCUT2D eigenvalue weighted by molar-refractivity contribution is 9.09. The monoisotopic (exact) mass is 314 g/mol. The molecule has 0 atom stereocenters. The first-order chi connectivity index (χ1) is 8.65. The van der Waals surface area contributed by atoms with Crippen LogP contribution in [0.15, 0.2) is 23.1 Å². The number of alkyl halides is 1. The number of aromatic nitrogens is 1. The van der Waals surface area contributed by atoms with Gasteiger partial charge in [-0.05, 0) is 18.9 Å². The van der Waals surface area contributed by atoms with E-state index in [-0.39, 0.29) is 11.5 Å². The molecule has 4 nitrogen and oxygen atoms in total. The summed E-state index contributed by atoms with van der Waals surface area (Å²) in [7, 11) is 1.66. The van der Waals surface area contributed by atoms with Crippen molar-refractivity contribution in [2.24, 2.45) is 7.05 Å². The summed E-state index contributed by atoms with van der Waals surface area (Å²) in [5.41, 5.74) is 0.263. The van der Waals surface area contributed by atoms with E-state index in [0.717, 1.165) is 18.2 Å². The van der Waals surface area contributed by atoms with Gasteiger partial charge in [-0.2, -0.15) is 0 Å². The zero-order chi connectivity index (χ0) is 13.4. The number of nitrogens with zero attached hydrogens (tertiary/aromatic N) is 1. The molecule has 100 valence electrons. The molecule has 0 bridgehead atoms. The van der Waals surface area contributed by atoms with Crippen LogP contribution in [0, 0.1) is 0 Å². The van der Waals surface area contributed by atoms with Gasteiger partial charge in [-0.25, -0.2) is 0 Å². The van der Waals surface area contributed by atoms with Gasteiger partial charge in [0.15, 0.2) is 0 Å². The molecule has 1 amide bonds. The molecule has 1 rings (SSSR count). The summed E-state index contributed by atoms with van der Waals surface area (Å²) in [6, 6.07) is 3.02. The van der Waals surface area contributed by atoms with Gasteiger partial charge in [0.1, 0.15) is 0 Å². The number of rotatable bonds is 7. The molecular formula is C13H19BrN2O2. The molecule has 0 unspecified atom stereocenters. The SMILES string of the molecule is Cn1ccc(C(=O)NCCCCCCBr)cc1=O. The van der Waals surface area contributed by atoms with Gasteiger partial charge in [0.2, 0.25) is 0 Å². The van der Waals surface area contributed by atoms with E-state index >= 15 is 0 Å². The van der Waals surface area contributed by atoms with Gasteiger partial charge in [0.25, 0.3) is 11.5 Å². The van der Waals surface area contributed by atoms with Crippen LogP contribution in [0.5, 0.6) is 0 Å². The number of amides is 1. The molecule has 0 spiro atoms. The summed E-state index contributed by atoms with van der Waals surface area (Å²) in [6.45, 7) is 0.663. The van der Waals surface area contributed by atoms with Gasteiger partial charge in [0.05, 0.1) is 0 Å². The lowest BCUT2D eigenvalue weighted by Gasteiger charge is -2.05.